The fraction of sp³-hybridized carbons (Fsp3) is 0.111. The molecule has 1 aliphatic heterocycles. The first kappa shape index (κ1) is 15.8. The summed E-state index contributed by atoms with van der Waals surface area (Å²) in [6, 6.07) is 14.5. The minimum Gasteiger partial charge on any atom is -0.274 e. The molecule has 2 amide bonds. The van der Waals surface area contributed by atoms with Gasteiger partial charge >= 0.3 is 0 Å². The van der Waals surface area contributed by atoms with Gasteiger partial charge in [-0.1, -0.05) is 59.6 Å². The van der Waals surface area contributed by atoms with Crippen molar-refractivity contribution in [2.75, 3.05) is 0 Å². The summed E-state index contributed by atoms with van der Waals surface area (Å²) in [4.78, 5) is 25.9. The van der Waals surface area contributed by atoms with E-state index in [1.807, 2.05) is 30.3 Å². The van der Waals surface area contributed by atoms with Crippen LogP contribution in [0.25, 0.3) is 6.08 Å². The second kappa shape index (κ2) is 6.57. The monoisotopic (exact) mass is 345 g/mol. The smallest absolute Gasteiger partial charge is 0.257 e. The summed E-state index contributed by atoms with van der Waals surface area (Å²) in [5, 5.41) is 0.901. The predicted molar refractivity (Wildman–Crippen MR) is 91.1 cm³/mol. The number of carbonyl (C=O) groups excluding carboxylic acids is 2. The summed E-state index contributed by atoms with van der Waals surface area (Å²) in [5.41, 5.74) is 1.88. The number of nitrogens with zero attached hydrogens (tertiary/aromatic N) is 1. The third-order valence-corrected chi connectivity index (χ3v) is 4.32. The number of imide groups is 1. The van der Waals surface area contributed by atoms with Crippen molar-refractivity contribution in [3.05, 3.63) is 75.3 Å². The highest BCUT2D eigenvalue weighted by Crippen LogP contribution is 2.30. The molecule has 0 saturated carbocycles. The molecule has 0 bridgehead atoms. The maximum absolute atomic E-state index is 12.5. The molecule has 1 saturated heterocycles. The summed E-state index contributed by atoms with van der Waals surface area (Å²) in [7, 11) is 0. The van der Waals surface area contributed by atoms with E-state index in [9.17, 15) is 9.59 Å². The third kappa shape index (κ3) is 3.31. The summed E-state index contributed by atoms with van der Waals surface area (Å²) in [6.07, 6.45) is 1.67. The van der Waals surface area contributed by atoms with E-state index in [-0.39, 0.29) is 24.8 Å². The van der Waals surface area contributed by atoms with Crippen LogP contribution in [0.4, 0.5) is 0 Å². The predicted octanol–water partition coefficient (Wildman–Crippen LogP) is 4.34. The zero-order valence-corrected chi connectivity index (χ0v) is 13.6. The van der Waals surface area contributed by atoms with E-state index < -0.39 is 0 Å². The van der Waals surface area contributed by atoms with E-state index in [1.54, 1.807) is 24.3 Å². The van der Waals surface area contributed by atoms with Gasteiger partial charge in [-0.2, -0.15) is 0 Å². The van der Waals surface area contributed by atoms with Gasteiger partial charge in [-0.05, 0) is 23.8 Å². The Bertz CT molecular complexity index is 780. The van der Waals surface area contributed by atoms with Crippen LogP contribution in [-0.2, 0) is 16.1 Å². The standard InChI is InChI=1S/C18H13Cl2NO2/c19-15-7-4-8-16(20)14(15)9-13-10-17(22)21(18(13)23)11-12-5-2-1-3-6-12/h1-9H,10-11H2/b13-9+. The molecule has 0 radical (unpaired) electrons. The van der Waals surface area contributed by atoms with Gasteiger partial charge in [0.2, 0.25) is 5.91 Å². The van der Waals surface area contributed by atoms with Crippen molar-refractivity contribution in [3.8, 4) is 0 Å². The maximum Gasteiger partial charge on any atom is 0.257 e. The van der Waals surface area contributed by atoms with E-state index in [0.717, 1.165) is 5.56 Å². The molecule has 1 heterocycles. The van der Waals surface area contributed by atoms with Gasteiger partial charge in [0.15, 0.2) is 0 Å². The molecule has 5 heteroatoms. The van der Waals surface area contributed by atoms with Crippen LogP contribution in [0.3, 0.4) is 0 Å². The highest BCUT2D eigenvalue weighted by Gasteiger charge is 2.33. The SMILES string of the molecule is O=C1C/C(=C\c2c(Cl)cccc2Cl)C(=O)N1Cc1ccccc1. The van der Waals surface area contributed by atoms with E-state index in [1.165, 1.54) is 4.90 Å². The average Bonchev–Trinajstić information content (AvgIpc) is 2.80. The normalized spacial score (nSPS) is 16.4. The average molecular weight is 346 g/mol. The summed E-state index contributed by atoms with van der Waals surface area (Å²) >= 11 is 12.2. The molecule has 3 rings (SSSR count). The van der Waals surface area contributed by atoms with Gasteiger partial charge in [-0.3, -0.25) is 14.5 Å². The molecule has 3 nitrogen and oxygen atoms in total. The van der Waals surface area contributed by atoms with Crippen molar-refractivity contribution >= 4 is 41.1 Å². The van der Waals surface area contributed by atoms with Crippen molar-refractivity contribution in [2.24, 2.45) is 0 Å². The highest BCUT2D eigenvalue weighted by atomic mass is 35.5. The summed E-state index contributed by atoms with van der Waals surface area (Å²) in [6.45, 7) is 0.270. The molecule has 1 aliphatic rings. The first-order valence-corrected chi connectivity index (χ1v) is 7.85. The lowest BCUT2D eigenvalue weighted by molar-refractivity contribution is -0.138. The van der Waals surface area contributed by atoms with Crippen LogP contribution in [0.5, 0.6) is 0 Å². The summed E-state index contributed by atoms with van der Waals surface area (Å²) in [5.74, 6) is -0.511. The molecule has 2 aromatic carbocycles. The zero-order valence-electron chi connectivity index (χ0n) is 12.1. The number of likely N-dealkylation sites (tertiary alicyclic amines) is 1. The van der Waals surface area contributed by atoms with Crippen LogP contribution in [0.2, 0.25) is 10.0 Å². The Morgan fingerprint density at radius 2 is 1.61 bits per heavy atom. The minimum absolute atomic E-state index is 0.0627. The van der Waals surface area contributed by atoms with Gasteiger partial charge in [-0.25, -0.2) is 0 Å². The molecule has 0 spiro atoms. The Morgan fingerprint density at radius 3 is 2.26 bits per heavy atom. The first-order chi connectivity index (χ1) is 11.1. The van der Waals surface area contributed by atoms with Crippen molar-refractivity contribution < 1.29 is 9.59 Å². The lowest BCUT2D eigenvalue weighted by Crippen LogP contribution is -2.28. The Hall–Kier alpha value is -2.10. The van der Waals surface area contributed by atoms with E-state index in [0.29, 0.717) is 21.2 Å². The molecule has 0 atom stereocenters. The van der Waals surface area contributed by atoms with E-state index in [4.69, 9.17) is 23.2 Å². The van der Waals surface area contributed by atoms with Crippen molar-refractivity contribution in [1.29, 1.82) is 0 Å². The van der Waals surface area contributed by atoms with Crippen LogP contribution < -0.4 is 0 Å². The molecule has 2 aromatic rings. The number of amides is 2. The van der Waals surface area contributed by atoms with Crippen LogP contribution >= 0.6 is 23.2 Å². The molecular weight excluding hydrogens is 333 g/mol. The van der Waals surface area contributed by atoms with E-state index in [2.05, 4.69) is 0 Å². The maximum atomic E-state index is 12.5. The molecular formula is C18H13Cl2NO2. The van der Waals surface area contributed by atoms with Crippen LogP contribution in [0.15, 0.2) is 54.1 Å². The number of hydrogen-bond acceptors (Lipinski definition) is 2. The second-order valence-electron chi connectivity index (χ2n) is 5.25. The second-order valence-corrected chi connectivity index (χ2v) is 6.07. The number of carbonyl (C=O) groups is 2. The number of benzene rings is 2. The lowest BCUT2D eigenvalue weighted by atomic mass is 10.1. The molecule has 0 aliphatic carbocycles. The van der Waals surface area contributed by atoms with Gasteiger partial charge in [0.05, 0.1) is 13.0 Å². The number of halogens is 2. The van der Waals surface area contributed by atoms with Crippen LogP contribution in [0.1, 0.15) is 17.5 Å². The third-order valence-electron chi connectivity index (χ3n) is 3.66. The molecule has 23 heavy (non-hydrogen) atoms. The molecule has 0 aromatic heterocycles. The first-order valence-electron chi connectivity index (χ1n) is 7.09. The highest BCUT2D eigenvalue weighted by molar-refractivity contribution is 6.37. The Labute approximate surface area is 144 Å². The van der Waals surface area contributed by atoms with Gasteiger partial charge in [0.1, 0.15) is 0 Å². The number of hydrogen-bond donors (Lipinski definition) is 0. The Kier molecular flexibility index (Phi) is 4.51. The molecule has 1 fully saturated rings. The topological polar surface area (TPSA) is 37.4 Å². The van der Waals surface area contributed by atoms with Crippen molar-refractivity contribution in [2.45, 2.75) is 13.0 Å². The van der Waals surface area contributed by atoms with Crippen molar-refractivity contribution in [3.63, 3.8) is 0 Å². The summed E-state index contributed by atoms with van der Waals surface area (Å²) < 4.78 is 0. The Balaban J connectivity index is 1.88. The molecule has 0 unspecified atom stereocenters. The van der Waals surface area contributed by atoms with Gasteiger partial charge < -0.3 is 0 Å². The molecule has 0 N–H and O–H groups in total. The van der Waals surface area contributed by atoms with E-state index >= 15 is 0 Å². The van der Waals surface area contributed by atoms with Gasteiger partial charge in [-0.15, -0.1) is 0 Å². The minimum atomic E-state index is -0.296. The van der Waals surface area contributed by atoms with Gasteiger partial charge in [0, 0.05) is 21.2 Å². The van der Waals surface area contributed by atoms with Crippen LogP contribution in [0, 0.1) is 0 Å². The molecule has 116 valence electrons. The fourth-order valence-electron chi connectivity index (χ4n) is 2.48. The zero-order chi connectivity index (χ0) is 16.4. The van der Waals surface area contributed by atoms with Crippen LogP contribution in [-0.4, -0.2) is 16.7 Å². The fourth-order valence-corrected chi connectivity index (χ4v) is 2.99. The quantitative estimate of drug-likeness (QED) is 0.613. The van der Waals surface area contributed by atoms with Crippen molar-refractivity contribution in [1.82, 2.24) is 4.90 Å². The number of rotatable bonds is 3. The van der Waals surface area contributed by atoms with Gasteiger partial charge in [0.25, 0.3) is 5.91 Å². The largest absolute Gasteiger partial charge is 0.274 e. The Morgan fingerprint density at radius 1 is 0.957 bits per heavy atom. The lowest BCUT2D eigenvalue weighted by Gasteiger charge is -2.13.